The first kappa shape index (κ1) is 16.4. The minimum Gasteiger partial charge on any atom is -0.379 e. The Bertz CT molecular complexity index is 412. The van der Waals surface area contributed by atoms with Crippen molar-refractivity contribution in [3.8, 4) is 0 Å². The van der Waals surface area contributed by atoms with Gasteiger partial charge in [0.25, 0.3) is 0 Å². The number of benzene rings is 1. The number of hydrogen-bond acceptors (Lipinski definition) is 3. The lowest BCUT2D eigenvalue weighted by atomic mass is 10.0. The minimum atomic E-state index is -4.38. The molecule has 0 fully saturated rings. The molecule has 19 heavy (non-hydrogen) atoms. The molecule has 1 aromatic carbocycles. The summed E-state index contributed by atoms with van der Waals surface area (Å²) < 4.78 is 43.9. The predicted octanol–water partition coefficient (Wildman–Crippen LogP) is 3.40. The zero-order chi connectivity index (χ0) is 14.5. The number of nitrogens with two attached hydrogens (primary N) is 1. The summed E-state index contributed by atoms with van der Waals surface area (Å²) in [5.74, 6) is 5.38. The van der Waals surface area contributed by atoms with Gasteiger partial charge in [-0.15, -0.1) is 0 Å². The van der Waals surface area contributed by atoms with Gasteiger partial charge >= 0.3 is 6.18 Å². The van der Waals surface area contributed by atoms with Crippen LogP contribution in [0.1, 0.15) is 30.5 Å². The molecular formula is C12H16BrF3N2O. The van der Waals surface area contributed by atoms with Crippen molar-refractivity contribution in [2.75, 3.05) is 13.2 Å². The third kappa shape index (κ3) is 4.76. The quantitative estimate of drug-likeness (QED) is 0.474. The van der Waals surface area contributed by atoms with E-state index in [0.717, 1.165) is 18.6 Å². The highest BCUT2D eigenvalue weighted by Crippen LogP contribution is 2.33. The fourth-order valence-corrected chi connectivity index (χ4v) is 2.08. The molecule has 0 aliphatic heterocycles. The van der Waals surface area contributed by atoms with Gasteiger partial charge in [-0.3, -0.25) is 11.3 Å². The maximum atomic E-state index is 12.7. The summed E-state index contributed by atoms with van der Waals surface area (Å²) in [4.78, 5) is 0. The van der Waals surface area contributed by atoms with Gasteiger partial charge in [-0.1, -0.05) is 22.9 Å². The molecule has 0 saturated heterocycles. The van der Waals surface area contributed by atoms with Crippen LogP contribution in [0, 0.1) is 0 Å². The molecule has 1 unspecified atom stereocenters. The van der Waals surface area contributed by atoms with Crippen LogP contribution in [-0.2, 0) is 10.9 Å². The fraction of sp³-hybridized carbons (Fsp3) is 0.500. The molecule has 108 valence electrons. The highest BCUT2D eigenvalue weighted by atomic mass is 79.9. The van der Waals surface area contributed by atoms with Gasteiger partial charge in [-0.25, -0.2) is 0 Å². The normalized spacial score (nSPS) is 13.6. The Labute approximate surface area is 118 Å². The van der Waals surface area contributed by atoms with Crippen molar-refractivity contribution in [2.45, 2.75) is 25.6 Å². The smallest absolute Gasteiger partial charge is 0.379 e. The van der Waals surface area contributed by atoms with Crippen LogP contribution < -0.4 is 11.3 Å². The SMILES string of the molecule is CCCOCC(NN)c1cc(C(F)(F)F)ccc1Br. The van der Waals surface area contributed by atoms with E-state index >= 15 is 0 Å². The van der Waals surface area contributed by atoms with Crippen molar-refractivity contribution in [3.05, 3.63) is 33.8 Å². The van der Waals surface area contributed by atoms with Crippen LogP contribution in [0.5, 0.6) is 0 Å². The Morgan fingerprint density at radius 1 is 1.42 bits per heavy atom. The van der Waals surface area contributed by atoms with Crippen LogP contribution in [0.2, 0.25) is 0 Å². The molecule has 0 amide bonds. The second kappa shape index (κ2) is 7.23. The average Bonchev–Trinajstić information content (AvgIpc) is 2.34. The van der Waals surface area contributed by atoms with E-state index in [1.165, 1.54) is 6.07 Å². The highest BCUT2D eigenvalue weighted by molar-refractivity contribution is 9.10. The topological polar surface area (TPSA) is 47.3 Å². The molecule has 0 radical (unpaired) electrons. The number of nitrogens with one attached hydrogen (secondary N) is 1. The van der Waals surface area contributed by atoms with Crippen LogP contribution in [0.15, 0.2) is 22.7 Å². The number of rotatable bonds is 6. The largest absolute Gasteiger partial charge is 0.416 e. The van der Waals surface area contributed by atoms with Gasteiger partial charge in [0.15, 0.2) is 0 Å². The molecule has 1 aromatic rings. The summed E-state index contributed by atoms with van der Waals surface area (Å²) in [6.45, 7) is 2.70. The lowest BCUT2D eigenvalue weighted by Gasteiger charge is -2.19. The molecule has 0 aromatic heterocycles. The molecule has 0 heterocycles. The summed E-state index contributed by atoms with van der Waals surface area (Å²) in [6, 6.07) is 2.96. The number of alkyl halides is 3. The number of hydrogen-bond donors (Lipinski definition) is 2. The molecule has 0 bridgehead atoms. The van der Waals surface area contributed by atoms with Crippen LogP contribution in [0.25, 0.3) is 0 Å². The molecule has 3 nitrogen and oxygen atoms in total. The number of halogens is 4. The summed E-state index contributed by atoms with van der Waals surface area (Å²) in [6.07, 6.45) is -3.54. The number of ether oxygens (including phenoxy) is 1. The van der Waals surface area contributed by atoms with Crippen molar-refractivity contribution in [2.24, 2.45) is 5.84 Å². The molecular weight excluding hydrogens is 325 g/mol. The lowest BCUT2D eigenvalue weighted by molar-refractivity contribution is -0.137. The maximum absolute atomic E-state index is 12.7. The maximum Gasteiger partial charge on any atom is 0.416 e. The molecule has 0 saturated carbocycles. The van der Waals surface area contributed by atoms with E-state index < -0.39 is 17.8 Å². The van der Waals surface area contributed by atoms with Crippen molar-refractivity contribution in [3.63, 3.8) is 0 Å². The van der Waals surface area contributed by atoms with Gasteiger partial charge in [0.2, 0.25) is 0 Å². The van der Waals surface area contributed by atoms with Gasteiger partial charge in [0, 0.05) is 11.1 Å². The first-order chi connectivity index (χ1) is 8.90. The van der Waals surface area contributed by atoms with Crippen LogP contribution in [0.4, 0.5) is 13.2 Å². The molecule has 3 N–H and O–H groups in total. The van der Waals surface area contributed by atoms with Crippen molar-refractivity contribution in [1.82, 2.24) is 5.43 Å². The fourth-order valence-electron chi connectivity index (χ4n) is 1.56. The summed E-state index contributed by atoms with van der Waals surface area (Å²) in [5, 5.41) is 0. The van der Waals surface area contributed by atoms with E-state index in [-0.39, 0.29) is 6.61 Å². The highest BCUT2D eigenvalue weighted by Gasteiger charge is 2.31. The zero-order valence-corrected chi connectivity index (χ0v) is 12.0. The van der Waals surface area contributed by atoms with E-state index in [2.05, 4.69) is 21.4 Å². The van der Waals surface area contributed by atoms with Gasteiger partial charge in [-0.05, 0) is 30.2 Å². The second-order valence-electron chi connectivity index (χ2n) is 4.03. The van der Waals surface area contributed by atoms with Crippen molar-refractivity contribution >= 4 is 15.9 Å². The van der Waals surface area contributed by atoms with Gasteiger partial charge in [-0.2, -0.15) is 13.2 Å². The average molecular weight is 341 g/mol. The summed E-state index contributed by atoms with van der Waals surface area (Å²) in [7, 11) is 0. The molecule has 0 aliphatic carbocycles. The standard InChI is InChI=1S/C12H16BrF3N2O/c1-2-5-19-7-11(18-17)9-6-8(12(14,15)16)3-4-10(9)13/h3-4,6,11,18H,2,5,7,17H2,1H3. The Kier molecular flexibility index (Phi) is 6.25. The van der Waals surface area contributed by atoms with E-state index in [1.54, 1.807) is 0 Å². The Morgan fingerprint density at radius 3 is 2.63 bits per heavy atom. The number of hydrazine groups is 1. The second-order valence-corrected chi connectivity index (χ2v) is 4.88. The molecule has 0 spiro atoms. The van der Waals surface area contributed by atoms with E-state index in [9.17, 15) is 13.2 Å². The third-order valence-electron chi connectivity index (χ3n) is 2.53. The van der Waals surface area contributed by atoms with E-state index in [1.807, 2.05) is 6.92 Å². The van der Waals surface area contributed by atoms with Crippen LogP contribution in [0.3, 0.4) is 0 Å². The zero-order valence-electron chi connectivity index (χ0n) is 10.4. The van der Waals surface area contributed by atoms with Crippen molar-refractivity contribution in [1.29, 1.82) is 0 Å². The minimum absolute atomic E-state index is 0.213. The van der Waals surface area contributed by atoms with Gasteiger partial charge in [0.1, 0.15) is 0 Å². The Hall–Kier alpha value is -0.630. The van der Waals surface area contributed by atoms with Crippen LogP contribution >= 0.6 is 15.9 Å². The summed E-state index contributed by atoms with van der Waals surface area (Å²) in [5.41, 5.74) is 2.19. The van der Waals surface area contributed by atoms with Gasteiger partial charge < -0.3 is 4.74 Å². The van der Waals surface area contributed by atoms with Crippen molar-refractivity contribution < 1.29 is 17.9 Å². The predicted molar refractivity (Wildman–Crippen MR) is 70.3 cm³/mol. The third-order valence-corrected chi connectivity index (χ3v) is 3.26. The van der Waals surface area contributed by atoms with E-state index in [4.69, 9.17) is 10.6 Å². The molecule has 7 heteroatoms. The van der Waals surface area contributed by atoms with E-state index in [0.29, 0.717) is 16.6 Å². The molecule has 0 aliphatic rings. The Morgan fingerprint density at radius 2 is 2.11 bits per heavy atom. The summed E-state index contributed by atoms with van der Waals surface area (Å²) >= 11 is 3.23. The first-order valence-electron chi connectivity index (χ1n) is 5.80. The molecule has 1 rings (SSSR count). The lowest BCUT2D eigenvalue weighted by Crippen LogP contribution is -2.32. The van der Waals surface area contributed by atoms with Crippen LogP contribution in [-0.4, -0.2) is 13.2 Å². The first-order valence-corrected chi connectivity index (χ1v) is 6.60. The van der Waals surface area contributed by atoms with Gasteiger partial charge in [0.05, 0.1) is 18.2 Å². The Balaban J connectivity index is 2.95. The molecule has 1 atom stereocenters. The monoisotopic (exact) mass is 340 g/mol.